The average Bonchev–Trinajstić information content (AvgIpc) is 2.89. The molecule has 0 aromatic heterocycles. The summed E-state index contributed by atoms with van der Waals surface area (Å²) in [6, 6.07) is 21.3. The smallest absolute Gasteiger partial charge is 0.307 e. The summed E-state index contributed by atoms with van der Waals surface area (Å²) in [5.41, 5.74) is 2.98. The number of nitrogens with zero attached hydrogens (tertiary/aromatic N) is 1. The second-order valence-corrected chi connectivity index (χ2v) is 9.09. The summed E-state index contributed by atoms with van der Waals surface area (Å²) >= 11 is 6.17. The molecule has 0 aliphatic carbocycles. The van der Waals surface area contributed by atoms with Crippen LogP contribution < -0.4 is 14.2 Å². The fraction of sp³-hybridized carbons (Fsp3) is 0.321. The molecule has 184 valence electrons. The predicted octanol–water partition coefficient (Wildman–Crippen LogP) is 5.82. The molecule has 0 amide bonds. The molecule has 1 heterocycles. The van der Waals surface area contributed by atoms with Crippen LogP contribution in [0.25, 0.3) is 0 Å². The van der Waals surface area contributed by atoms with E-state index in [9.17, 15) is 9.90 Å². The Hall–Kier alpha value is -3.22. The maximum Gasteiger partial charge on any atom is 0.307 e. The number of hydrogen-bond acceptors (Lipinski definition) is 5. The molecule has 0 bridgehead atoms. The normalized spacial score (nSPS) is 16.9. The van der Waals surface area contributed by atoms with E-state index >= 15 is 0 Å². The molecule has 1 aliphatic heterocycles. The first-order chi connectivity index (χ1) is 17.0. The third-order valence-electron chi connectivity index (χ3n) is 6.38. The number of halogens is 1. The highest BCUT2D eigenvalue weighted by Gasteiger charge is 2.32. The summed E-state index contributed by atoms with van der Waals surface area (Å²) in [6.07, 6.45) is 1.49. The molecule has 2 atom stereocenters. The van der Waals surface area contributed by atoms with Crippen molar-refractivity contribution in [1.29, 1.82) is 0 Å². The highest BCUT2D eigenvalue weighted by Crippen LogP contribution is 2.43. The van der Waals surface area contributed by atoms with Gasteiger partial charge >= 0.3 is 5.97 Å². The molecule has 0 radical (unpaired) electrons. The zero-order chi connectivity index (χ0) is 24.8. The Labute approximate surface area is 211 Å². The van der Waals surface area contributed by atoms with Gasteiger partial charge in [-0.05, 0) is 60.3 Å². The minimum Gasteiger partial charge on any atom is -0.493 e. The third kappa shape index (κ3) is 5.89. The van der Waals surface area contributed by atoms with Crippen LogP contribution in [0.1, 0.15) is 35.6 Å². The first kappa shape index (κ1) is 24.9. The molecule has 35 heavy (non-hydrogen) atoms. The zero-order valence-corrected chi connectivity index (χ0v) is 20.7. The Morgan fingerprint density at radius 2 is 1.69 bits per heavy atom. The quantitative estimate of drug-likeness (QED) is 0.403. The lowest BCUT2D eigenvalue weighted by Crippen LogP contribution is -2.41. The van der Waals surface area contributed by atoms with E-state index in [1.165, 1.54) is 0 Å². The van der Waals surface area contributed by atoms with Crippen molar-refractivity contribution < 1.29 is 24.1 Å². The monoisotopic (exact) mass is 495 g/mol. The van der Waals surface area contributed by atoms with Crippen LogP contribution in [0.4, 0.5) is 0 Å². The molecule has 6 nitrogen and oxygen atoms in total. The van der Waals surface area contributed by atoms with Crippen molar-refractivity contribution in [2.75, 3.05) is 27.3 Å². The number of methoxy groups -OCH3 is 2. The Morgan fingerprint density at radius 1 is 1.03 bits per heavy atom. The Balaban J connectivity index is 1.73. The number of carbonyl (C=O) groups is 1. The molecule has 4 rings (SSSR count). The zero-order valence-electron chi connectivity index (χ0n) is 19.9. The number of benzene rings is 3. The van der Waals surface area contributed by atoms with Crippen LogP contribution in [0.3, 0.4) is 0 Å². The van der Waals surface area contributed by atoms with Gasteiger partial charge in [-0.15, -0.1) is 0 Å². The van der Waals surface area contributed by atoms with Crippen LogP contribution in [-0.2, 0) is 11.4 Å². The van der Waals surface area contributed by atoms with Crippen molar-refractivity contribution in [2.45, 2.75) is 25.5 Å². The van der Waals surface area contributed by atoms with Crippen molar-refractivity contribution >= 4 is 17.6 Å². The van der Waals surface area contributed by atoms with Gasteiger partial charge in [0.05, 0.1) is 26.2 Å². The summed E-state index contributed by atoms with van der Waals surface area (Å²) < 4.78 is 17.6. The minimum atomic E-state index is -0.760. The summed E-state index contributed by atoms with van der Waals surface area (Å²) in [4.78, 5) is 14.0. The number of carboxylic acid groups (broad SMARTS) is 1. The largest absolute Gasteiger partial charge is 0.493 e. The first-order valence-electron chi connectivity index (χ1n) is 11.6. The molecule has 3 aromatic rings. The van der Waals surface area contributed by atoms with E-state index in [2.05, 4.69) is 4.90 Å². The van der Waals surface area contributed by atoms with Gasteiger partial charge in [0.2, 0.25) is 5.75 Å². The summed E-state index contributed by atoms with van der Waals surface area (Å²) in [6.45, 7) is 1.62. The standard InChI is InChI=1S/C28H30ClNO5/c1-33-24-15-22(16-25(34-2)27(24)35-18-19-7-4-3-5-8-19)26(20-10-12-23(29)13-11-20)30-14-6-9-21(17-30)28(31)32/h3-5,7-8,10-13,15-16,21,26H,6,9,14,17-18H2,1-2H3,(H,31,32). The second kappa shape index (κ2) is 11.5. The lowest BCUT2D eigenvalue weighted by molar-refractivity contribution is -0.143. The van der Waals surface area contributed by atoms with Crippen LogP contribution in [0.5, 0.6) is 17.2 Å². The van der Waals surface area contributed by atoms with Crippen LogP contribution >= 0.6 is 11.6 Å². The summed E-state index contributed by atoms with van der Waals surface area (Å²) in [5.74, 6) is 0.474. The van der Waals surface area contributed by atoms with Crippen LogP contribution in [0.2, 0.25) is 5.02 Å². The van der Waals surface area contributed by atoms with Crippen LogP contribution in [0, 0.1) is 5.92 Å². The first-order valence-corrected chi connectivity index (χ1v) is 12.0. The molecule has 0 spiro atoms. The lowest BCUT2D eigenvalue weighted by atomic mass is 9.91. The van der Waals surface area contributed by atoms with Gasteiger partial charge in [0.1, 0.15) is 6.61 Å². The topological polar surface area (TPSA) is 68.2 Å². The van der Waals surface area contributed by atoms with Gasteiger partial charge in [0.15, 0.2) is 11.5 Å². The van der Waals surface area contributed by atoms with Crippen molar-refractivity contribution in [3.8, 4) is 17.2 Å². The molecule has 1 aliphatic rings. The fourth-order valence-corrected chi connectivity index (χ4v) is 4.76. The van der Waals surface area contributed by atoms with E-state index in [-0.39, 0.29) is 6.04 Å². The van der Waals surface area contributed by atoms with Crippen molar-refractivity contribution in [2.24, 2.45) is 5.92 Å². The highest BCUT2D eigenvalue weighted by atomic mass is 35.5. The molecular formula is C28H30ClNO5. The molecule has 1 saturated heterocycles. The number of piperidine rings is 1. The fourth-order valence-electron chi connectivity index (χ4n) is 4.63. The van der Waals surface area contributed by atoms with Crippen molar-refractivity contribution in [3.63, 3.8) is 0 Å². The number of hydrogen-bond donors (Lipinski definition) is 1. The van der Waals surface area contributed by atoms with E-state index in [0.717, 1.165) is 29.7 Å². The van der Waals surface area contributed by atoms with Gasteiger partial charge < -0.3 is 19.3 Å². The van der Waals surface area contributed by atoms with Crippen LogP contribution in [-0.4, -0.2) is 43.3 Å². The van der Waals surface area contributed by atoms with Crippen molar-refractivity contribution in [3.05, 3.63) is 88.4 Å². The number of carboxylic acids is 1. The van der Waals surface area contributed by atoms with Crippen molar-refractivity contribution in [1.82, 2.24) is 4.90 Å². The molecule has 3 aromatic carbocycles. The third-order valence-corrected chi connectivity index (χ3v) is 6.63. The van der Waals surface area contributed by atoms with E-state index in [4.69, 9.17) is 25.8 Å². The van der Waals surface area contributed by atoms with Gasteiger partial charge in [-0.3, -0.25) is 9.69 Å². The number of likely N-dealkylation sites (tertiary alicyclic amines) is 1. The maximum absolute atomic E-state index is 11.8. The van der Waals surface area contributed by atoms with Crippen LogP contribution in [0.15, 0.2) is 66.7 Å². The second-order valence-electron chi connectivity index (χ2n) is 8.66. The Morgan fingerprint density at radius 3 is 2.29 bits per heavy atom. The van der Waals surface area contributed by atoms with Gasteiger partial charge in [-0.25, -0.2) is 0 Å². The van der Waals surface area contributed by atoms with E-state index in [0.29, 0.717) is 41.8 Å². The molecular weight excluding hydrogens is 466 g/mol. The molecule has 7 heteroatoms. The summed E-state index contributed by atoms with van der Waals surface area (Å²) in [5, 5.41) is 10.3. The maximum atomic E-state index is 11.8. The van der Waals surface area contributed by atoms with Gasteiger partial charge in [-0.2, -0.15) is 0 Å². The van der Waals surface area contributed by atoms with Gasteiger partial charge in [0.25, 0.3) is 0 Å². The van der Waals surface area contributed by atoms with Gasteiger partial charge in [-0.1, -0.05) is 54.1 Å². The predicted molar refractivity (Wildman–Crippen MR) is 136 cm³/mol. The molecule has 0 saturated carbocycles. The molecule has 1 N–H and O–H groups in total. The number of ether oxygens (including phenoxy) is 3. The van der Waals surface area contributed by atoms with E-state index in [1.807, 2.05) is 66.7 Å². The van der Waals surface area contributed by atoms with E-state index in [1.54, 1.807) is 14.2 Å². The molecule has 1 fully saturated rings. The Kier molecular flexibility index (Phi) is 8.16. The number of rotatable bonds is 9. The SMILES string of the molecule is COc1cc(C(c2ccc(Cl)cc2)N2CCCC(C(=O)O)C2)cc(OC)c1OCc1ccccc1. The Bertz CT molecular complexity index is 1110. The van der Waals surface area contributed by atoms with Gasteiger partial charge in [0, 0.05) is 11.6 Å². The highest BCUT2D eigenvalue weighted by molar-refractivity contribution is 6.30. The lowest BCUT2D eigenvalue weighted by Gasteiger charge is -2.38. The minimum absolute atomic E-state index is 0.194. The summed E-state index contributed by atoms with van der Waals surface area (Å²) in [7, 11) is 3.21. The number of aliphatic carboxylic acids is 1. The average molecular weight is 496 g/mol. The molecule has 2 unspecified atom stereocenters. The van der Waals surface area contributed by atoms with E-state index < -0.39 is 11.9 Å².